The summed E-state index contributed by atoms with van der Waals surface area (Å²) in [6, 6.07) is 18.2. The number of methoxy groups -OCH3 is 1. The maximum absolute atomic E-state index is 13.5. The number of hydrogen-bond acceptors (Lipinski definition) is 6. The highest BCUT2D eigenvalue weighted by Gasteiger charge is 2.39. The lowest BCUT2D eigenvalue weighted by Crippen LogP contribution is -2.32. The van der Waals surface area contributed by atoms with Gasteiger partial charge in [-0.05, 0) is 68.3 Å². The summed E-state index contributed by atoms with van der Waals surface area (Å²) in [6.07, 6.45) is 1.67. The fourth-order valence-corrected chi connectivity index (χ4v) is 3.78. The number of aryl methyl sites for hydroxylation is 1. The van der Waals surface area contributed by atoms with Crippen molar-refractivity contribution in [2.24, 2.45) is 0 Å². The molecule has 174 valence electrons. The number of carbonyl (C=O) groups excluding carboxylic acids is 2. The van der Waals surface area contributed by atoms with Crippen molar-refractivity contribution in [1.29, 1.82) is 0 Å². The molecule has 0 spiro atoms. The summed E-state index contributed by atoms with van der Waals surface area (Å²) in [4.78, 5) is 32.5. The summed E-state index contributed by atoms with van der Waals surface area (Å²) in [5.41, 5.74) is 3.33. The average Bonchev–Trinajstić information content (AvgIpc) is 3.04. The predicted octanol–water partition coefficient (Wildman–Crippen LogP) is 4.58. The molecule has 7 heteroatoms. The van der Waals surface area contributed by atoms with E-state index in [2.05, 4.69) is 10.3 Å². The molecule has 0 saturated heterocycles. The zero-order chi connectivity index (χ0) is 24.2. The van der Waals surface area contributed by atoms with Crippen molar-refractivity contribution < 1.29 is 19.1 Å². The Morgan fingerprint density at radius 1 is 1.00 bits per heavy atom. The maximum atomic E-state index is 13.5. The third-order valence-electron chi connectivity index (χ3n) is 5.34. The van der Waals surface area contributed by atoms with E-state index in [1.807, 2.05) is 45.0 Å². The minimum absolute atomic E-state index is 0.0274. The van der Waals surface area contributed by atoms with Gasteiger partial charge in [-0.15, -0.1) is 0 Å². The Kier molecular flexibility index (Phi) is 6.63. The highest BCUT2D eigenvalue weighted by Crippen LogP contribution is 2.35. The fourth-order valence-electron chi connectivity index (χ4n) is 3.78. The molecule has 0 radical (unpaired) electrons. The standard InChI is InChI=1S/C27H27N3O4/c1-17(2)34-21-11-9-19(10-12-21)24-25(29-22-15-18(3)8-13-23(22)33-4)27(32)30(26(24)31)16-20-7-5-6-14-28-20/h5-15,17,29H,16H2,1-4H3. The van der Waals surface area contributed by atoms with Crippen molar-refractivity contribution in [2.75, 3.05) is 12.4 Å². The number of nitrogens with zero attached hydrogens (tertiary/aromatic N) is 2. The molecule has 0 saturated carbocycles. The Morgan fingerprint density at radius 2 is 1.76 bits per heavy atom. The molecular formula is C27H27N3O4. The van der Waals surface area contributed by atoms with Gasteiger partial charge in [0.05, 0.1) is 36.7 Å². The second-order valence-electron chi connectivity index (χ2n) is 8.29. The molecule has 0 fully saturated rings. The highest BCUT2D eigenvalue weighted by molar-refractivity contribution is 6.36. The summed E-state index contributed by atoms with van der Waals surface area (Å²) in [5.74, 6) is 0.455. The summed E-state index contributed by atoms with van der Waals surface area (Å²) < 4.78 is 11.2. The lowest BCUT2D eigenvalue weighted by molar-refractivity contribution is -0.137. The summed E-state index contributed by atoms with van der Waals surface area (Å²) in [5, 5.41) is 3.18. The summed E-state index contributed by atoms with van der Waals surface area (Å²) in [7, 11) is 1.56. The first-order valence-corrected chi connectivity index (χ1v) is 11.1. The molecule has 0 aliphatic carbocycles. The van der Waals surface area contributed by atoms with Gasteiger partial charge in [0.2, 0.25) is 0 Å². The number of hydrogen-bond donors (Lipinski definition) is 1. The van der Waals surface area contributed by atoms with Gasteiger partial charge in [-0.3, -0.25) is 19.5 Å². The lowest BCUT2D eigenvalue weighted by Gasteiger charge is -2.15. The topological polar surface area (TPSA) is 80.8 Å². The van der Waals surface area contributed by atoms with E-state index in [4.69, 9.17) is 9.47 Å². The van der Waals surface area contributed by atoms with Gasteiger partial charge in [-0.2, -0.15) is 0 Å². The SMILES string of the molecule is COc1ccc(C)cc1NC1=C(c2ccc(OC(C)C)cc2)C(=O)N(Cc2ccccn2)C1=O. The Hall–Kier alpha value is -4.13. The molecule has 4 rings (SSSR count). The van der Waals surface area contributed by atoms with Crippen molar-refractivity contribution in [1.82, 2.24) is 9.88 Å². The van der Waals surface area contributed by atoms with Crippen LogP contribution in [0.25, 0.3) is 5.57 Å². The molecule has 1 aromatic heterocycles. The van der Waals surface area contributed by atoms with Crippen molar-refractivity contribution in [2.45, 2.75) is 33.4 Å². The van der Waals surface area contributed by atoms with Gasteiger partial charge in [-0.1, -0.05) is 24.3 Å². The quantitative estimate of drug-likeness (QED) is 0.499. The smallest absolute Gasteiger partial charge is 0.278 e. The predicted molar refractivity (Wildman–Crippen MR) is 130 cm³/mol. The van der Waals surface area contributed by atoms with Crippen LogP contribution in [0.5, 0.6) is 11.5 Å². The first kappa shape index (κ1) is 23.0. The van der Waals surface area contributed by atoms with Crippen molar-refractivity contribution >= 4 is 23.1 Å². The second kappa shape index (κ2) is 9.79. The molecule has 1 aliphatic heterocycles. The number of amides is 2. The number of ether oxygens (including phenoxy) is 2. The van der Waals surface area contributed by atoms with Crippen LogP contribution in [0.4, 0.5) is 5.69 Å². The number of anilines is 1. The summed E-state index contributed by atoms with van der Waals surface area (Å²) >= 11 is 0. The first-order chi connectivity index (χ1) is 16.4. The van der Waals surface area contributed by atoms with E-state index in [9.17, 15) is 9.59 Å². The van der Waals surface area contributed by atoms with Crippen LogP contribution in [0.2, 0.25) is 0 Å². The highest BCUT2D eigenvalue weighted by atomic mass is 16.5. The molecule has 7 nitrogen and oxygen atoms in total. The number of imide groups is 1. The van der Waals surface area contributed by atoms with Crippen LogP contribution in [0.1, 0.15) is 30.7 Å². The van der Waals surface area contributed by atoms with Gasteiger partial charge in [0, 0.05) is 6.20 Å². The number of rotatable bonds is 8. The van der Waals surface area contributed by atoms with Crippen molar-refractivity contribution in [3.05, 3.63) is 89.4 Å². The van der Waals surface area contributed by atoms with Crippen LogP contribution < -0.4 is 14.8 Å². The molecule has 0 bridgehead atoms. The molecule has 3 aromatic rings. The molecule has 0 unspecified atom stereocenters. The van der Waals surface area contributed by atoms with Crippen LogP contribution in [0.3, 0.4) is 0 Å². The van der Waals surface area contributed by atoms with E-state index in [1.54, 1.807) is 49.7 Å². The zero-order valence-electron chi connectivity index (χ0n) is 19.7. The van der Waals surface area contributed by atoms with Crippen LogP contribution in [-0.2, 0) is 16.1 Å². The van der Waals surface area contributed by atoms with Crippen LogP contribution >= 0.6 is 0 Å². The molecule has 2 heterocycles. The van der Waals surface area contributed by atoms with E-state index < -0.39 is 5.91 Å². The van der Waals surface area contributed by atoms with E-state index in [-0.39, 0.29) is 24.3 Å². The molecule has 0 atom stereocenters. The molecule has 2 aromatic carbocycles. The van der Waals surface area contributed by atoms with E-state index in [0.29, 0.717) is 34.0 Å². The van der Waals surface area contributed by atoms with Crippen molar-refractivity contribution in [3.8, 4) is 11.5 Å². The number of aromatic nitrogens is 1. The van der Waals surface area contributed by atoms with Gasteiger partial charge in [0.15, 0.2) is 0 Å². The van der Waals surface area contributed by atoms with Gasteiger partial charge >= 0.3 is 0 Å². The Morgan fingerprint density at radius 3 is 2.41 bits per heavy atom. The monoisotopic (exact) mass is 457 g/mol. The molecule has 1 N–H and O–H groups in total. The molecular weight excluding hydrogens is 430 g/mol. The van der Waals surface area contributed by atoms with Crippen LogP contribution in [0, 0.1) is 6.92 Å². The average molecular weight is 458 g/mol. The van der Waals surface area contributed by atoms with E-state index in [0.717, 1.165) is 5.56 Å². The number of pyridine rings is 1. The largest absolute Gasteiger partial charge is 0.495 e. The number of nitrogens with one attached hydrogen (secondary N) is 1. The first-order valence-electron chi connectivity index (χ1n) is 11.1. The Labute approximate surface area is 199 Å². The third kappa shape index (κ3) is 4.78. The number of carbonyl (C=O) groups is 2. The van der Waals surface area contributed by atoms with Gasteiger partial charge in [0.1, 0.15) is 17.2 Å². The normalized spacial score (nSPS) is 13.6. The molecule has 2 amide bonds. The van der Waals surface area contributed by atoms with Crippen LogP contribution in [-0.4, -0.2) is 34.9 Å². The van der Waals surface area contributed by atoms with E-state index in [1.165, 1.54) is 4.90 Å². The molecule has 1 aliphatic rings. The summed E-state index contributed by atoms with van der Waals surface area (Å²) in [6.45, 7) is 5.92. The minimum atomic E-state index is -0.420. The van der Waals surface area contributed by atoms with Gasteiger partial charge in [-0.25, -0.2) is 0 Å². The molecule has 34 heavy (non-hydrogen) atoms. The third-order valence-corrected chi connectivity index (χ3v) is 5.34. The van der Waals surface area contributed by atoms with Gasteiger partial charge in [0.25, 0.3) is 11.8 Å². The Bertz CT molecular complexity index is 1230. The minimum Gasteiger partial charge on any atom is -0.495 e. The van der Waals surface area contributed by atoms with E-state index >= 15 is 0 Å². The fraction of sp³-hybridized carbons (Fsp3) is 0.222. The lowest BCUT2D eigenvalue weighted by atomic mass is 10.0. The van der Waals surface area contributed by atoms with Gasteiger partial charge < -0.3 is 14.8 Å². The Balaban J connectivity index is 1.76. The zero-order valence-corrected chi connectivity index (χ0v) is 19.7. The van der Waals surface area contributed by atoms with Crippen molar-refractivity contribution in [3.63, 3.8) is 0 Å². The van der Waals surface area contributed by atoms with Crippen LogP contribution in [0.15, 0.2) is 72.6 Å². The number of benzene rings is 2. The maximum Gasteiger partial charge on any atom is 0.278 e. The second-order valence-corrected chi connectivity index (χ2v) is 8.29.